The minimum absolute atomic E-state index is 0.366. The lowest BCUT2D eigenvalue weighted by atomic mass is 9.82. The van der Waals surface area contributed by atoms with Gasteiger partial charge < -0.3 is 10.2 Å². The molecule has 0 fully saturated rings. The van der Waals surface area contributed by atoms with E-state index in [0.717, 1.165) is 12.1 Å². The van der Waals surface area contributed by atoms with Crippen molar-refractivity contribution in [3.05, 3.63) is 47.5 Å². The topological polar surface area (TPSA) is 58.4 Å². The number of rotatable bonds is 4. The van der Waals surface area contributed by atoms with Gasteiger partial charge in [0.25, 0.3) is 5.78 Å². The summed E-state index contributed by atoms with van der Waals surface area (Å²) in [5, 5.41) is 7.44. The fourth-order valence-electron chi connectivity index (χ4n) is 3.02. The minimum Gasteiger partial charge on any atom is -0.363 e. The molecule has 0 bridgehead atoms. The van der Waals surface area contributed by atoms with Crippen molar-refractivity contribution in [2.24, 2.45) is 5.41 Å². The number of halogens is 4. The first-order chi connectivity index (χ1) is 13.4. The SMILES string of the molecule is CN(C)c1cc(N[C@@H](c2ccc(C(F)(F)F)c(F)c2)C(C)(C)C)n2ncnc2n1. The lowest BCUT2D eigenvalue weighted by molar-refractivity contribution is -0.140. The van der Waals surface area contributed by atoms with E-state index in [1.807, 2.05) is 34.9 Å². The highest BCUT2D eigenvalue weighted by atomic mass is 19.4. The molecule has 0 amide bonds. The van der Waals surface area contributed by atoms with E-state index in [9.17, 15) is 17.6 Å². The number of anilines is 2. The Morgan fingerprint density at radius 1 is 1.10 bits per heavy atom. The lowest BCUT2D eigenvalue weighted by Gasteiger charge is -2.33. The smallest absolute Gasteiger partial charge is 0.363 e. The molecule has 1 N–H and O–H groups in total. The number of nitrogens with zero attached hydrogens (tertiary/aromatic N) is 5. The summed E-state index contributed by atoms with van der Waals surface area (Å²) in [7, 11) is 3.65. The third-order valence-electron chi connectivity index (χ3n) is 4.49. The number of hydrogen-bond acceptors (Lipinski definition) is 5. The van der Waals surface area contributed by atoms with Crippen LogP contribution in [0.4, 0.5) is 29.2 Å². The molecule has 0 spiro atoms. The van der Waals surface area contributed by atoms with Crippen LogP contribution in [-0.4, -0.2) is 33.7 Å². The molecule has 0 radical (unpaired) electrons. The van der Waals surface area contributed by atoms with Crippen LogP contribution in [0, 0.1) is 11.2 Å². The first-order valence-electron chi connectivity index (χ1n) is 8.89. The molecule has 0 aliphatic carbocycles. The van der Waals surface area contributed by atoms with Gasteiger partial charge in [-0.05, 0) is 23.1 Å². The third-order valence-corrected chi connectivity index (χ3v) is 4.49. The second-order valence-corrected chi connectivity index (χ2v) is 8.05. The van der Waals surface area contributed by atoms with Crippen molar-refractivity contribution in [1.29, 1.82) is 0 Å². The Hall–Kier alpha value is -2.91. The Bertz CT molecular complexity index is 1020. The maximum absolute atomic E-state index is 14.2. The molecule has 2 heterocycles. The molecule has 0 aliphatic rings. The van der Waals surface area contributed by atoms with Crippen molar-refractivity contribution in [3.63, 3.8) is 0 Å². The van der Waals surface area contributed by atoms with Crippen LogP contribution in [-0.2, 0) is 6.18 Å². The van der Waals surface area contributed by atoms with Crippen molar-refractivity contribution in [2.45, 2.75) is 33.0 Å². The predicted molar refractivity (Wildman–Crippen MR) is 102 cm³/mol. The van der Waals surface area contributed by atoms with Gasteiger partial charge in [0.2, 0.25) is 0 Å². The molecule has 156 valence electrons. The summed E-state index contributed by atoms with van der Waals surface area (Å²) in [5.41, 5.74) is -1.36. The van der Waals surface area contributed by atoms with Gasteiger partial charge in [0.1, 0.15) is 23.8 Å². The van der Waals surface area contributed by atoms with E-state index in [2.05, 4.69) is 20.4 Å². The highest BCUT2D eigenvalue weighted by Crippen LogP contribution is 2.39. The molecule has 0 aliphatic heterocycles. The summed E-state index contributed by atoms with van der Waals surface area (Å²) in [6.45, 7) is 5.73. The molecule has 3 aromatic rings. The lowest BCUT2D eigenvalue weighted by Crippen LogP contribution is -2.27. The first-order valence-corrected chi connectivity index (χ1v) is 8.89. The molecule has 6 nitrogen and oxygen atoms in total. The van der Waals surface area contributed by atoms with Crippen molar-refractivity contribution < 1.29 is 17.6 Å². The van der Waals surface area contributed by atoms with Crippen LogP contribution in [0.15, 0.2) is 30.6 Å². The van der Waals surface area contributed by atoms with Gasteiger partial charge in [0, 0.05) is 20.2 Å². The fraction of sp³-hybridized carbons (Fsp3) is 0.421. The monoisotopic (exact) mass is 410 g/mol. The minimum atomic E-state index is -4.74. The third kappa shape index (κ3) is 4.25. The molecule has 3 rings (SSSR count). The zero-order chi connectivity index (χ0) is 21.6. The average molecular weight is 410 g/mol. The number of fused-ring (bicyclic) bond motifs is 1. The summed E-state index contributed by atoms with van der Waals surface area (Å²) in [5.74, 6) is 0.223. The summed E-state index contributed by atoms with van der Waals surface area (Å²) in [6.07, 6.45) is -3.39. The normalized spacial score (nSPS) is 13.6. The number of nitrogens with one attached hydrogen (secondary N) is 1. The molecule has 10 heteroatoms. The van der Waals surface area contributed by atoms with E-state index >= 15 is 0 Å². The van der Waals surface area contributed by atoms with Crippen molar-refractivity contribution in [2.75, 3.05) is 24.3 Å². The molecule has 2 aromatic heterocycles. The van der Waals surface area contributed by atoms with Crippen molar-refractivity contribution >= 4 is 17.4 Å². The first kappa shape index (κ1) is 20.8. The van der Waals surface area contributed by atoms with E-state index in [1.165, 1.54) is 16.9 Å². The Morgan fingerprint density at radius 3 is 2.34 bits per heavy atom. The Balaban J connectivity index is 2.08. The maximum atomic E-state index is 14.2. The number of hydrogen-bond donors (Lipinski definition) is 1. The van der Waals surface area contributed by atoms with E-state index < -0.39 is 29.0 Å². The summed E-state index contributed by atoms with van der Waals surface area (Å²) in [4.78, 5) is 10.3. The van der Waals surface area contributed by atoms with Crippen LogP contribution in [0.2, 0.25) is 0 Å². The van der Waals surface area contributed by atoms with Crippen molar-refractivity contribution in [3.8, 4) is 0 Å². The van der Waals surface area contributed by atoms with Crippen molar-refractivity contribution in [1.82, 2.24) is 19.6 Å². The average Bonchev–Trinajstić information content (AvgIpc) is 3.05. The zero-order valence-corrected chi connectivity index (χ0v) is 16.7. The summed E-state index contributed by atoms with van der Waals surface area (Å²) in [6, 6.07) is 4.23. The molecule has 1 atom stereocenters. The second kappa shape index (κ2) is 7.16. The maximum Gasteiger partial charge on any atom is 0.419 e. The van der Waals surface area contributed by atoms with Crippen LogP contribution >= 0.6 is 0 Å². The predicted octanol–water partition coefficient (Wildman–Crippen LogP) is 4.55. The summed E-state index contributed by atoms with van der Waals surface area (Å²) < 4.78 is 54.5. The second-order valence-electron chi connectivity index (χ2n) is 8.05. The van der Waals surface area contributed by atoms with Gasteiger partial charge in [0.15, 0.2) is 0 Å². The Kier molecular flexibility index (Phi) is 5.14. The van der Waals surface area contributed by atoms with Gasteiger partial charge in [-0.25, -0.2) is 4.39 Å². The van der Waals surface area contributed by atoms with Gasteiger partial charge in [-0.3, -0.25) is 0 Å². The van der Waals surface area contributed by atoms with Gasteiger partial charge in [-0.2, -0.15) is 32.8 Å². The standard InChI is InChI=1S/C19H22F4N6/c1-18(2,3)16(11-6-7-12(13(20)8-11)19(21,22)23)26-15-9-14(28(4)5)27-17-24-10-25-29(15)17/h6-10,16,26H,1-5H3/t16-/m0/s1. The van der Waals surface area contributed by atoms with Gasteiger partial charge in [-0.1, -0.05) is 26.8 Å². The van der Waals surface area contributed by atoms with Gasteiger partial charge in [0.05, 0.1) is 11.6 Å². The fourth-order valence-corrected chi connectivity index (χ4v) is 3.02. The number of aromatic nitrogens is 4. The van der Waals surface area contributed by atoms with Crippen LogP contribution in [0.3, 0.4) is 0 Å². The Morgan fingerprint density at radius 2 is 1.79 bits per heavy atom. The van der Waals surface area contributed by atoms with E-state index in [1.54, 1.807) is 11.0 Å². The highest BCUT2D eigenvalue weighted by Gasteiger charge is 2.35. The van der Waals surface area contributed by atoms with E-state index in [0.29, 0.717) is 23.0 Å². The quantitative estimate of drug-likeness (QED) is 0.640. The van der Waals surface area contributed by atoms with Crippen LogP contribution < -0.4 is 10.2 Å². The summed E-state index contributed by atoms with van der Waals surface area (Å²) >= 11 is 0. The number of alkyl halides is 3. The highest BCUT2D eigenvalue weighted by molar-refractivity contribution is 5.56. The van der Waals surface area contributed by atoms with E-state index in [4.69, 9.17) is 0 Å². The largest absolute Gasteiger partial charge is 0.419 e. The molecule has 0 unspecified atom stereocenters. The number of benzene rings is 1. The van der Waals surface area contributed by atoms with Gasteiger partial charge >= 0.3 is 6.18 Å². The van der Waals surface area contributed by atoms with Crippen LogP contribution in [0.5, 0.6) is 0 Å². The van der Waals surface area contributed by atoms with Crippen LogP contribution in [0.1, 0.15) is 37.9 Å². The molecule has 0 saturated heterocycles. The zero-order valence-electron chi connectivity index (χ0n) is 16.7. The molecular formula is C19H22F4N6. The van der Waals surface area contributed by atoms with E-state index in [-0.39, 0.29) is 0 Å². The molecule has 1 aromatic carbocycles. The molecule has 29 heavy (non-hydrogen) atoms. The van der Waals surface area contributed by atoms with Gasteiger partial charge in [-0.15, -0.1) is 0 Å². The molecular weight excluding hydrogens is 388 g/mol. The van der Waals surface area contributed by atoms with Crippen LogP contribution in [0.25, 0.3) is 5.78 Å². The Labute approximate surface area is 165 Å². The molecule has 0 saturated carbocycles.